The van der Waals surface area contributed by atoms with Crippen LogP contribution in [0.5, 0.6) is 0 Å². The maximum Gasteiger partial charge on any atom is 0.121 e. The molecule has 0 saturated carbocycles. The summed E-state index contributed by atoms with van der Waals surface area (Å²) < 4.78 is 17.9. The average Bonchev–Trinajstić information content (AvgIpc) is 2.05. The predicted octanol–water partition coefficient (Wildman–Crippen LogP) is 1.94. The van der Waals surface area contributed by atoms with E-state index in [0.29, 0.717) is 13.2 Å². The van der Waals surface area contributed by atoms with E-state index in [1.807, 2.05) is 0 Å². The van der Waals surface area contributed by atoms with E-state index in [0.717, 1.165) is 12.8 Å². The third-order valence-corrected chi connectivity index (χ3v) is 1.94. The Kier molecular flexibility index (Phi) is 2.87. The lowest BCUT2D eigenvalue weighted by atomic mass is 9.95. The first-order valence-corrected chi connectivity index (χ1v) is 3.69. The molecule has 1 heterocycles. The van der Waals surface area contributed by atoms with Crippen molar-refractivity contribution in [3.8, 4) is 0 Å². The lowest BCUT2D eigenvalue weighted by Crippen LogP contribution is -2.22. The van der Waals surface area contributed by atoms with E-state index in [2.05, 4.69) is 6.58 Å². The molecule has 2 heteroatoms. The lowest BCUT2D eigenvalue weighted by molar-refractivity contribution is 0.0465. The van der Waals surface area contributed by atoms with Crippen LogP contribution in [0.25, 0.3) is 0 Å². The predicted molar refractivity (Wildman–Crippen MR) is 38.6 cm³/mol. The summed E-state index contributed by atoms with van der Waals surface area (Å²) in [5.74, 6) is 0.159. The van der Waals surface area contributed by atoms with E-state index in [1.165, 1.54) is 6.08 Å². The number of ether oxygens (including phenoxy) is 1. The van der Waals surface area contributed by atoms with Crippen LogP contribution in [0, 0.1) is 5.92 Å². The summed E-state index contributed by atoms with van der Waals surface area (Å²) in [6.07, 6.45) is 2.24. The van der Waals surface area contributed by atoms with Crippen LogP contribution in [-0.2, 0) is 4.74 Å². The molecule has 0 bridgehead atoms. The molecular formula is C8H13FO. The first kappa shape index (κ1) is 7.73. The number of hydrogen-bond donors (Lipinski definition) is 0. The van der Waals surface area contributed by atoms with Crippen molar-refractivity contribution in [2.24, 2.45) is 5.92 Å². The Morgan fingerprint density at radius 2 is 2.10 bits per heavy atom. The zero-order valence-corrected chi connectivity index (χ0v) is 6.05. The van der Waals surface area contributed by atoms with Crippen molar-refractivity contribution in [1.82, 2.24) is 0 Å². The fourth-order valence-corrected chi connectivity index (χ4v) is 1.23. The highest BCUT2D eigenvalue weighted by Gasteiger charge is 2.20. The van der Waals surface area contributed by atoms with Gasteiger partial charge in [0.05, 0.1) is 0 Å². The van der Waals surface area contributed by atoms with Gasteiger partial charge in [0.15, 0.2) is 0 Å². The van der Waals surface area contributed by atoms with Gasteiger partial charge in [0, 0.05) is 13.2 Å². The van der Waals surface area contributed by atoms with Gasteiger partial charge in [0.2, 0.25) is 0 Å². The molecule has 1 aliphatic rings. The van der Waals surface area contributed by atoms with Crippen molar-refractivity contribution >= 4 is 0 Å². The Bertz CT molecular complexity index is 108. The van der Waals surface area contributed by atoms with Crippen LogP contribution in [-0.4, -0.2) is 19.4 Å². The molecule has 58 valence electrons. The fourth-order valence-electron chi connectivity index (χ4n) is 1.23. The lowest BCUT2D eigenvalue weighted by Gasteiger charge is -2.22. The van der Waals surface area contributed by atoms with Crippen molar-refractivity contribution in [1.29, 1.82) is 0 Å². The first-order valence-electron chi connectivity index (χ1n) is 3.69. The van der Waals surface area contributed by atoms with Gasteiger partial charge < -0.3 is 4.74 Å². The molecule has 0 unspecified atom stereocenters. The van der Waals surface area contributed by atoms with Crippen molar-refractivity contribution in [3.63, 3.8) is 0 Å². The molecule has 0 aromatic carbocycles. The summed E-state index contributed by atoms with van der Waals surface area (Å²) in [5.41, 5.74) is 0. The van der Waals surface area contributed by atoms with E-state index in [9.17, 15) is 4.39 Å². The minimum absolute atomic E-state index is 0.159. The standard InChI is InChI=1S/C8H13FO/c1-2-8(9)7-3-5-10-6-4-7/h2,7-8H,1,3-6H2/t8-/m0/s1. The highest BCUT2D eigenvalue weighted by molar-refractivity contribution is 4.85. The molecule has 0 aromatic rings. The van der Waals surface area contributed by atoms with E-state index in [4.69, 9.17) is 4.74 Å². The largest absolute Gasteiger partial charge is 0.381 e. The molecule has 0 spiro atoms. The summed E-state index contributed by atoms with van der Waals surface area (Å²) in [6.45, 7) is 4.83. The van der Waals surface area contributed by atoms with Gasteiger partial charge in [-0.2, -0.15) is 0 Å². The molecule has 10 heavy (non-hydrogen) atoms. The minimum Gasteiger partial charge on any atom is -0.381 e. The second-order valence-electron chi connectivity index (χ2n) is 2.63. The van der Waals surface area contributed by atoms with E-state index >= 15 is 0 Å². The zero-order chi connectivity index (χ0) is 7.40. The highest BCUT2D eigenvalue weighted by Crippen LogP contribution is 2.21. The van der Waals surface area contributed by atoms with Crippen LogP contribution >= 0.6 is 0 Å². The molecule has 1 atom stereocenters. The van der Waals surface area contributed by atoms with Gasteiger partial charge in [0.25, 0.3) is 0 Å². The van der Waals surface area contributed by atoms with Crippen molar-refractivity contribution in [3.05, 3.63) is 12.7 Å². The van der Waals surface area contributed by atoms with E-state index < -0.39 is 6.17 Å². The maximum atomic E-state index is 12.8. The van der Waals surface area contributed by atoms with Crippen LogP contribution in [0.3, 0.4) is 0 Å². The van der Waals surface area contributed by atoms with Gasteiger partial charge in [-0.3, -0.25) is 0 Å². The Balaban J connectivity index is 2.30. The highest BCUT2D eigenvalue weighted by atomic mass is 19.1. The Morgan fingerprint density at radius 3 is 2.60 bits per heavy atom. The summed E-state index contributed by atoms with van der Waals surface area (Å²) in [4.78, 5) is 0. The molecule has 0 amide bonds. The Hall–Kier alpha value is -0.370. The monoisotopic (exact) mass is 144 g/mol. The maximum absolute atomic E-state index is 12.8. The first-order chi connectivity index (χ1) is 4.84. The molecule has 1 aliphatic heterocycles. The smallest absolute Gasteiger partial charge is 0.121 e. The average molecular weight is 144 g/mol. The molecule has 1 nitrogen and oxygen atoms in total. The van der Waals surface area contributed by atoms with Gasteiger partial charge in [-0.25, -0.2) is 4.39 Å². The van der Waals surface area contributed by atoms with Crippen LogP contribution in [0.1, 0.15) is 12.8 Å². The summed E-state index contributed by atoms with van der Waals surface area (Å²) in [5, 5.41) is 0. The Labute approximate surface area is 60.9 Å². The molecule has 0 radical (unpaired) electrons. The number of halogens is 1. The van der Waals surface area contributed by atoms with E-state index in [-0.39, 0.29) is 5.92 Å². The third kappa shape index (κ3) is 1.81. The summed E-state index contributed by atoms with van der Waals surface area (Å²) in [6, 6.07) is 0. The second-order valence-corrected chi connectivity index (χ2v) is 2.63. The van der Waals surface area contributed by atoms with Crippen LogP contribution < -0.4 is 0 Å². The molecule has 0 aromatic heterocycles. The van der Waals surface area contributed by atoms with Gasteiger partial charge in [-0.1, -0.05) is 6.08 Å². The van der Waals surface area contributed by atoms with Crippen molar-refractivity contribution in [2.75, 3.05) is 13.2 Å². The molecular weight excluding hydrogens is 131 g/mol. The van der Waals surface area contributed by atoms with Gasteiger partial charge in [-0.05, 0) is 18.8 Å². The number of hydrogen-bond acceptors (Lipinski definition) is 1. The van der Waals surface area contributed by atoms with E-state index in [1.54, 1.807) is 0 Å². The van der Waals surface area contributed by atoms with Gasteiger partial charge in [0.1, 0.15) is 6.17 Å². The van der Waals surface area contributed by atoms with Gasteiger partial charge in [-0.15, -0.1) is 6.58 Å². The Morgan fingerprint density at radius 1 is 1.50 bits per heavy atom. The summed E-state index contributed by atoms with van der Waals surface area (Å²) in [7, 11) is 0. The van der Waals surface area contributed by atoms with Crippen LogP contribution in [0.15, 0.2) is 12.7 Å². The SMILES string of the molecule is C=C[C@H](F)C1CCOCC1. The number of rotatable bonds is 2. The molecule has 0 N–H and O–H groups in total. The van der Waals surface area contributed by atoms with Crippen molar-refractivity contribution in [2.45, 2.75) is 19.0 Å². The zero-order valence-electron chi connectivity index (χ0n) is 6.05. The summed E-state index contributed by atoms with van der Waals surface area (Å²) >= 11 is 0. The minimum atomic E-state index is -0.830. The topological polar surface area (TPSA) is 9.23 Å². The molecule has 1 fully saturated rings. The van der Waals surface area contributed by atoms with Crippen LogP contribution in [0.2, 0.25) is 0 Å². The molecule has 1 rings (SSSR count). The van der Waals surface area contributed by atoms with Crippen LogP contribution in [0.4, 0.5) is 4.39 Å². The fraction of sp³-hybridized carbons (Fsp3) is 0.750. The quantitative estimate of drug-likeness (QED) is 0.538. The van der Waals surface area contributed by atoms with Crippen molar-refractivity contribution < 1.29 is 9.13 Å². The second kappa shape index (κ2) is 3.71. The number of allylic oxidation sites excluding steroid dienone is 1. The third-order valence-electron chi connectivity index (χ3n) is 1.94. The molecule has 0 aliphatic carbocycles. The normalized spacial score (nSPS) is 24.1. The number of alkyl halides is 1. The van der Waals surface area contributed by atoms with Gasteiger partial charge >= 0.3 is 0 Å². The molecule has 1 saturated heterocycles.